The Labute approximate surface area is 177 Å². The number of aromatic nitrogens is 3. The SMILES string of the molecule is C=CC1CCC(n2ccc3c(C)ncnc32)C1.CC.CC(C)(O)O.CO.[Pd]. The van der Waals surface area contributed by atoms with Crippen molar-refractivity contribution in [2.75, 3.05) is 7.11 Å². The number of fused-ring (bicyclic) bond motifs is 1. The first-order valence-corrected chi connectivity index (χ1v) is 9.09. The van der Waals surface area contributed by atoms with Crippen LogP contribution < -0.4 is 0 Å². The molecule has 0 amide bonds. The zero-order valence-electron chi connectivity index (χ0n) is 17.3. The number of allylic oxidation sites excluding steroid dienone is 1. The normalized spacial score (nSPS) is 18.0. The van der Waals surface area contributed by atoms with E-state index in [1.54, 1.807) is 6.33 Å². The van der Waals surface area contributed by atoms with Gasteiger partial charge >= 0.3 is 0 Å². The fourth-order valence-corrected chi connectivity index (χ4v) is 2.85. The molecule has 1 fully saturated rings. The van der Waals surface area contributed by atoms with Crippen LogP contribution >= 0.6 is 0 Å². The molecule has 0 spiro atoms. The van der Waals surface area contributed by atoms with E-state index in [-0.39, 0.29) is 20.4 Å². The van der Waals surface area contributed by atoms with E-state index in [0.717, 1.165) is 18.5 Å². The van der Waals surface area contributed by atoms with Gasteiger partial charge in [0.2, 0.25) is 0 Å². The van der Waals surface area contributed by atoms with Crippen LogP contribution in [0.15, 0.2) is 31.2 Å². The second-order valence-corrected chi connectivity index (χ2v) is 6.38. The standard InChI is InChI=1S/C14H17N3.C3H8O2.C2H6.CH4O.Pd/c1-3-11-4-5-12(8-11)17-7-6-13-10(2)15-9-16-14(13)17;1-3(2,4)5;2*1-2;/h3,6-7,9,11-12H,1,4-5,8H2,2H3;4-5H,1-2H3;1-2H3;2H,1H3;. The molecule has 1 saturated carbocycles. The van der Waals surface area contributed by atoms with Gasteiger partial charge in [0.05, 0.1) is 5.69 Å². The summed E-state index contributed by atoms with van der Waals surface area (Å²) in [6, 6.07) is 2.70. The Morgan fingerprint density at radius 3 is 2.22 bits per heavy atom. The Balaban J connectivity index is 0. The van der Waals surface area contributed by atoms with Crippen LogP contribution in [-0.2, 0) is 20.4 Å². The molecule has 1 aliphatic rings. The summed E-state index contributed by atoms with van der Waals surface area (Å²) >= 11 is 0. The van der Waals surface area contributed by atoms with Gasteiger partial charge in [-0.05, 0) is 52.0 Å². The quantitative estimate of drug-likeness (QED) is 0.353. The van der Waals surface area contributed by atoms with E-state index in [4.69, 9.17) is 15.3 Å². The van der Waals surface area contributed by atoms with Crippen LogP contribution in [0.3, 0.4) is 0 Å². The maximum Gasteiger partial charge on any atom is 0.156 e. The van der Waals surface area contributed by atoms with Crippen LogP contribution in [0.2, 0.25) is 0 Å². The van der Waals surface area contributed by atoms with Crippen molar-refractivity contribution >= 4 is 11.0 Å². The summed E-state index contributed by atoms with van der Waals surface area (Å²) in [4.78, 5) is 8.66. The van der Waals surface area contributed by atoms with Crippen LogP contribution in [-0.4, -0.2) is 42.8 Å². The number of hydrogen-bond acceptors (Lipinski definition) is 5. The molecule has 0 bridgehead atoms. The molecule has 0 radical (unpaired) electrons. The van der Waals surface area contributed by atoms with Gasteiger partial charge in [-0.15, -0.1) is 6.58 Å². The third-order valence-electron chi connectivity index (χ3n) is 3.88. The van der Waals surface area contributed by atoms with Crippen molar-refractivity contribution in [1.82, 2.24) is 14.5 Å². The van der Waals surface area contributed by atoms with Crippen LogP contribution in [0.1, 0.15) is 58.7 Å². The maximum atomic E-state index is 8.08. The predicted octanol–water partition coefficient (Wildman–Crippen LogP) is 3.61. The number of aliphatic hydroxyl groups is 3. The fraction of sp³-hybridized carbons (Fsp3) is 0.600. The minimum absolute atomic E-state index is 0. The van der Waals surface area contributed by atoms with Gasteiger partial charge in [0.1, 0.15) is 12.0 Å². The summed E-state index contributed by atoms with van der Waals surface area (Å²) in [5, 5.41) is 24.3. The summed E-state index contributed by atoms with van der Waals surface area (Å²) < 4.78 is 2.31. The molecule has 2 aromatic rings. The average Bonchev–Trinajstić information content (AvgIpc) is 3.24. The topological polar surface area (TPSA) is 91.4 Å². The third-order valence-corrected chi connectivity index (χ3v) is 3.88. The van der Waals surface area contributed by atoms with Gasteiger partial charge in [-0.1, -0.05) is 19.9 Å². The zero-order chi connectivity index (χ0) is 20.3. The number of hydrogen-bond donors (Lipinski definition) is 3. The summed E-state index contributed by atoms with van der Waals surface area (Å²) in [7, 11) is 1.00. The molecule has 0 aromatic carbocycles. The van der Waals surface area contributed by atoms with Crippen molar-refractivity contribution in [2.24, 2.45) is 5.92 Å². The molecule has 2 aromatic heterocycles. The van der Waals surface area contributed by atoms with Crippen LogP contribution in [0, 0.1) is 12.8 Å². The second-order valence-electron chi connectivity index (χ2n) is 6.38. The molecule has 27 heavy (non-hydrogen) atoms. The summed E-state index contributed by atoms with van der Waals surface area (Å²) in [6.45, 7) is 12.5. The van der Waals surface area contributed by atoms with Gasteiger partial charge in [0.15, 0.2) is 5.79 Å². The van der Waals surface area contributed by atoms with E-state index in [1.807, 2.05) is 20.8 Å². The van der Waals surface area contributed by atoms with Crippen LogP contribution in [0.25, 0.3) is 11.0 Å². The Morgan fingerprint density at radius 1 is 1.19 bits per heavy atom. The molecule has 3 rings (SSSR count). The molecule has 0 aliphatic heterocycles. The molecule has 1 aliphatic carbocycles. The van der Waals surface area contributed by atoms with E-state index in [2.05, 4.69) is 39.5 Å². The van der Waals surface area contributed by atoms with Crippen molar-refractivity contribution in [3.8, 4) is 0 Å². The van der Waals surface area contributed by atoms with Crippen LogP contribution in [0.4, 0.5) is 0 Å². The molecule has 2 unspecified atom stereocenters. The van der Waals surface area contributed by atoms with Crippen molar-refractivity contribution in [3.05, 3.63) is 36.9 Å². The molecule has 2 atom stereocenters. The van der Waals surface area contributed by atoms with Gasteiger partial charge < -0.3 is 19.9 Å². The number of rotatable bonds is 2. The minimum atomic E-state index is -1.50. The molecule has 0 saturated heterocycles. The first kappa shape index (κ1) is 28.1. The Bertz CT molecular complexity index is 647. The van der Waals surface area contributed by atoms with Gasteiger partial charge in [-0.2, -0.15) is 0 Å². The van der Waals surface area contributed by atoms with Gasteiger partial charge in [-0.3, -0.25) is 0 Å². The third kappa shape index (κ3) is 9.59. The van der Waals surface area contributed by atoms with Gasteiger partial charge in [0, 0.05) is 45.2 Å². The molecule has 6 nitrogen and oxygen atoms in total. The molecule has 158 valence electrons. The van der Waals surface area contributed by atoms with Crippen molar-refractivity contribution in [1.29, 1.82) is 0 Å². The first-order chi connectivity index (χ1) is 12.3. The molecule has 3 N–H and O–H groups in total. The zero-order valence-corrected chi connectivity index (χ0v) is 18.8. The first-order valence-electron chi connectivity index (χ1n) is 9.09. The summed E-state index contributed by atoms with van der Waals surface area (Å²) in [5.74, 6) is -0.833. The Kier molecular flexibility index (Phi) is 14.6. The van der Waals surface area contributed by atoms with Crippen molar-refractivity contribution in [2.45, 2.75) is 65.7 Å². The molecule has 2 heterocycles. The number of aryl methyl sites for hydroxylation is 1. The number of nitrogens with zero attached hydrogens (tertiary/aromatic N) is 3. The van der Waals surface area contributed by atoms with Gasteiger partial charge in [0.25, 0.3) is 0 Å². The van der Waals surface area contributed by atoms with Crippen molar-refractivity contribution in [3.63, 3.8) is 0 Å². The molecule has 7 heteroatoms. The largest absolute Gasteiger partial charge is 0.400 e. The monoisotopic (exact) mass is 471 g/mol. The molecular weight excluding hydrogens is 437 g/mol. The summed E-state index contributed by atoms with van der Waals surface area (Å²) in [5.41, 5.74) is 2.14. The Hall–Kier alpha value is -1.10. The van der Waals surface area contributed by atoms with Crippen LogP contribution in [0.5, 0.6) is 0 Å². The van der Waals surface area contributed by atoms with E-state index < -0.39 is 5.79 Å². The summed E-state index contributed by atoms with van der Waals surface area (Å²) in [6.07, 6.45) is 9.57. The average molecular weight is 472 g/mol. The minimum Gasteiger partial charge on any atom is -0.400 e. The van der Waals surface area contributed by atoms with Crippen molar-refractivity contribution < 1.29 is 35.7 Å². The van der Waals surface area contributed by atoms with E-state index >= 15 is 0 Å². The number of aliphatic hydroxyl groups excluding tert-OH is 1. The predicted molar refractivity (Wildman–Crippen MR) is 107 cm³/mol. The Morgan fingerprint density at radius 2 is 1.74 bits per heavy atom. The van der Waals surface area contributed by atoms with E-state index in [1.165, 1.54) is 38.5 Å². The van der Waals surface area contributed by atoms with E-state index in [0.29, 0.717) is 12.0 Å². The van der Waals surface area contributed by atoms with E-state index in [9.17, 15) is 0 Å². The maximum absolute atomic E-state index is 8.08. The second kappa shape index (κ2) is 14.0. The fourth-order valence-electron chi connectivity index (χ4n) is 2.85. The van der Waals surface area contributed by atoms with Gasteiger partial charge in [-0.25, -0.2) is 9.97 Å². The molecular formula is C20H35N3O3Pd. The smallest absolute Gasteiger partial charge is 0.156 e.